The molecule has 1 amide bonds. The molecule has 1 aliphatic rings. The summed E-state index contributed by atoms with van der Waals surface area (Å²) in [5.41, 5.74) is 1.54. The molecule has 144 valence electrons. The highest BCUT2D eigenvalue weighted by Crippen LogP contribution is 2.24. The van der Waals surface area contributed by atoms with Gasteiger partial charge in [-0.2, -0.15) is 4.98 Å². The Morgan fingerprint density at radius 2 is 2.04 bits per heavy atom. The fourth-order valence-corrected chi connectivity index (χ4v) is 2.76. The Balaban J connectivity index is 1.67. The van der Waals surface area contributed by atoms with Crippen LogP contribution in [-0.4, -0.2) is 62.9 Å². The second kappa shape index (κ2) is 8.68. The van der Waals surface area contributed by atoms with Crippen LogP contribution in [0, 0.1) is 6.92 Å². The van der Waals surface area contributed by atoms with Gasteiger partial charge in [-0.3, -0.25) is 4.79 Å². The SMILES string of the molecule is Cc1ccccc1OCC(=O)Nc1cnc(N2CCOCC2)nc1N(C)C. The van der Waals surface area contributed by atoms with Crippen molar-refractivity contribution in [3.63, 3.8) is 0 Å². The number of aromatic nitrogens is 2. The maximum atomic E-state index is 12.3. The molecule has 0 atom stereocenters. The Kier molecular flexibility index (Phi) is 6.08. The molecule has 1 saturated heterocycles. The number of rotatable bonds is 6. The summed E-state index contributed by atoms with van der Waals surface area (Å²) in [4.78, 5) is 25.3. The molecule has 1 aromatic carbocycles. The number of hydrogen-bond acceptors (Lipinski definition) is 7. The molecule has 8 heteroatoms. The number of hydrogen-bond donors (Lipinski definition) is 1. The molecule has 2 aromatic rings. The van der Waals surface area contributed by atoms with Gasteiger partial charge in [0.2, 0.25) is 5.95 Å². The second-order valence-corrected chi connectivity index (χ2v) is 6.50. The Hall–Kier alpha value is -2.87. The van der Waals surface area contributed by atoms with Crippen LogP contribution >= 0.6 is 0 Å². The van der Waals surface area contributed by atoms with Gasteiger partial charge in [0.1, 0.15) is 11.4 Å². The van der Waals surface area contributed by atoms with Crippen LogP contribution in [0.15, 0.2) is 30.5 Å². The second-order valence-electron chi connectivity index (χ2n) is 6.50. The van der Waals surface area contributed by atoms with E-state index in [1.807, 2.05) is 50.2 Å². The average molecular weight is 371 g/mol. The highest BCUT2D eigenvalue weighted by Gasteiger charge is 2.18. The fourth-order valence-electron chi connectivity index (χ4n) is 2.76. The van der Waals surface area contributed by atoms with Crippen LogP contribution in [0.1, 0.15) is 5.56 Å². The van der Waals surface area contributed by atoms with Crippen molar-refractivity contribution < 1.29 is 14.3 Å². The number of morpholine rings is 1. The lowest BCUT2D eigenvalue weighted by Crippen LogP contribution is -2.37. The van der Waals surface area contributed by atoms with Crippen molar-refractivity contribution in [3.8, 4) is 5.75 Å². The summed E-state index contributed by atoms with van der Waals surface area (Å²) >= 11 is 0. The van der Waals surface area contributed by atoms with E-state index in [0.717, 1.165) is 18.7 Å². The van der Waals surface area contributed by atoms with Crippen LogP contribution < -0.4 is 19.9 Å². The Morgan fingerprint density at radius 1 is 1.30 bits per heavy atom. The summed E-state index contributed by atoms with van der Waals surface area (Å²) in [6.45, 7) is 4.69. The summed E-state index contributed by atoms with van der Waals surface area (Å²) in [6.07, 6.45) is 1.64. The molecule has 2 heterocycles. The number of carbonyl (C=O) groups excluding carboxylic acids is 1. The number of anilines is 3. The molecule has 0 bridgehead atoms. The van der Waals surface area contributed by atoms with Gasteiger partial charge in [-0.1, -0.05) is 18.2 Å². The minimum Gasteiger partial charge on any atom is -0.483 e. The Morgan fingerprint density at radius 3 is 2.74 bits per heavy atom. The first-order chi connectivity index (χ1) is 13.0. The van der Waals surface area contributed by atoms with Crippen LogP contribution in [0.25, 0.3) is 0 Å². The molecule has 1 aliphatic heterocycles. The van der Waals surface area contributed by atoms with Crippen molar-refractivity contribution in [1.82, 2.24) is 9.97 Å². The van der Waals surface area contributed by atoms with Crippen molar-refractivity contribution in [2.24, 2.45) is 0 Å². The number of amides is 1. The van der Waals surface area contributed by atoms with Crippen LogP contribution in [0.4, 0.5) is 17.5 Å². The zero-order valence-corrected chi connectivity index (χ0v) is 15.9. The van der Waals surface area contributed by atoms with Crippen molar-refractivity contribution in [3.05, 3.63) is 36.0 Å². The van der Waals surface area contributed by atoms with Crippen molar-refractivity contribution >= 4 is 23.4 Å². The molecule has 8 nitrogen and oxygen atoms in total. The number of carbonyl (C=O) groups is 1. The van der Waals surface area contributed by atoms with Crippen LogP contribution in [-0.2, 0) is 9.53 Å². The first kappa shape index (κ1) is 18.9. The predicted octanol–water partition coefficient (Wildman–Crippen LogP) is 1.71. The largest absolute Gasteiger partial charge is 0.483 e. The molecule has 1 N–H and O–H groups in total. The monoisotopic (exact) mass is 371 g/mol. The molecule has 0 radical (unpaired) electrons. The summed E-state index contributed by atoms with van der Waals surface area (Å²) in [6, 6.07) is 7.59. The van der Waals surface area contributed by atoms with Gasteiger partial charge in [-0.05, 0) is 18.6 Å². The van der Waals surface area contributed by atoms with E-state index in [4.69, 9.17) is 9.47 Å². The molecule has 1 fully saturated rings. The lowest BCUT2D eigenvalue weighted by Gasteiger charge is -2.28. The molecule has 0 unspecified atom stereocenters. The summed E-state index contributed by atoms with van der Waals surface area (Å²) in [5, 5.41) is 2.84. The topological polar surface area (TPSA) is 79.8 Å². The lowest BCUT2D eigenvalue weighted by atomic mass is 10.2. The highest BCUT2D eigenvalue weighted by molar-refractivity contribution is 5.94. The molecular formula is C19H25N5O3. The summed E-state index contributed by atoms with van der Waals surface area (Å²) < 4.78 is 11.0. The molecule has 1 aromatic heterocycles. The normalized spacial score (nSPS) is 14.0. The number of ether oxygens (including phenoxy) is 2. The van der Waals surface area contributed by atoms with E-state index in [0.29, 0.717) is 36.4 Å². The molecular weight excluding hydrogens is 346 g/mol. The van der Waals surface area contributed by atoms with Gasteiger partial charge >= 0.3 is 0 Å². The summed E-state index contributed by atoms with van der Waals surface area (Å²) in [7, 11) is 3.76. The first-order valence-electron chi connectivity index (χ1n) is 8.90. The van der Waals surface area contributed by atoms with Gasteiger partial charge in [0.05, 0.1) is 19.4 Å². The molecule has 3 rings (SSSR count). The molecule has 0 saturated carbocycles. The maximum absolute atomic E-state index is 12.3. The molecule has 0 spiro atoms. The first-order valence-corrected chi connectivity index (χ1v) is 8.90. The van der Waals surface area contributed by atoms with Crippen molar-refractivity contribution in [1.29, 1.82) is 0 Å². The van der Waals surface area contributed by atoms with Crippen LogP contribution in [0.2, 0.25) is 0 Å². The van der Waals surface area contributed by atoms with Crippen LogP contribution in [0.3, 0.4) is 0 Å². The number of aryl methyl sites for hydroxylation is 1. The number of nitrogens with one attached hydrogen (secondary N) is 1. The predicted molar refractivity (Wildman–Crippen MR) is 105 cm³/mol. The lowest BCUT2D eigenvalue weighted by molar-refractivity contribution is -0.118. The van der Waals surface area contributed by atoms with E-state index >= 15 is 0 Å². The standard InChI is InChI=1S/C19H25N5O3/c1-14-6-4-5-7-16(14)27-13-17(25)21-15-12-20-19(22-18(15)23(2)3)24-8-10-26-11-9-24/h4-7,12H,8-11,13H2,1-3H3,(H,21,25). The van der Waals surface area contributed by atoms with Gasteiger partial charge in [-0.25, -0.2) is 4.98 Å². The van der Waals surface area contributed by atoms with Crippen molar-refractivity contribution in [2.75, 3.05) is 62.1 Å². The smallest absolute Gasteiger partial charge is 0.262 e. The van der Waals surface area contributed by atoms with Gasteiger partial charge in [-0.15, -0.1) is 0 Å². The van der Waals surface area contributed by atoms with E-state index in [1.165, 1.54) is 0 Å². The minimum absolute atomic E-state index is 0.0804. The summed E-state index contributed by atoms with van der Waals surface area (Å²) in [5.74, 6) is 1.72. The van der Waals surface area contributed by atoms with Gasteiger partial charge in [0, 0.05) is 27.2 Å². The highest BCUT2D eigenvalue weighted by atomic mass is 16.5. The zero-order valence-electron chi connectivity index (χ0n) is 15.9. The Labute approximate surface area is 159 Å². The average Bonchev–Trinajstić information content (AvgIpc) is 2.68. The fraction of sp³-hybridized carbons (Fsp3) is 0.421. The van der Waals surface area contributed by atoms with Gasteiger partial charge < -0.3 is 24.6 Å². The number of benzene rings is 1. The van der Waals surface area contributed by atoms with Crippen LogP contribution in [0.5, 0.6) is 5.75 Å². The van der Waals surface area contributed by atoms with E-state index < -0.39 is 0 Å². The minimum atomic E-state index is -0.260. The quantitative estimate of drug-likeness (QED) is 0.828. The van der Waals surface area contributed by atoms with Gasteiger partial charge in [0.15, 0.2) is 12.4 Å². The third-order valence-electron chi connectivity index (χ3n) is 4.20. The maximum Gasteiger partial charge on any atom is 0.262 e. The van der Waals surface area contributed by atoms with E-state index in [9.17, 15) is 4.79 Å². The zero-order chi connectivity index (χ0) is 19.2. The third kappa shape index (κ3) is 4.85. The number of nitrogens with zero attached hydrogens (tertiary/aromatic N) is 4. The third-order valence-corrected chi connectivity index (χ3v) is 4.20. The van der Waals surface area contributed by atoms with E-state index in [2.05, 4.69) is 20.2 Å². The molecule has 27 heavy (non-hydrogen) atoms. The molecule has 0 aliphatic carbocycles. The van der Waals surface area contributed by atoms with E-state index in [1.54, 1.807) is 6.20 Å². The van der Waals surface area contributed by atoms with Gasteiger partial charge in [0.25, 0.3) is 5.91 Å². The number of para-hydroxylation sites is 1. The Bertz CT molecular complexity index is 791. The van der Waals surface area contributed by atoms with Crippen molar-refractivity contribution in [2.45, 2.75) is 6.92 Å². The van der Waals surface area contributed by atoms with E-state index in [-0.39, 0.29) is 12.5 Å².